The van der Waals surface area contributed by atoms with Crippen molar-refractivity contribution in [3.05, 3.63) is 0 Å². The summed E-state index contributed by atoms with van der Waals surface area (Å²) in [4.78, 5) is 64.3. The second-order valence-electron chi connectivity index (χ2n) is 11.6. The van der Waals surface area contributed by atoms with E-state index in [4.69, 9.17) is 18.9 Å². The molecule has 4 amide bonds. The van der Waals surface area contributed by atoms with Crippen LogP contribution in [0.3, 0.4) is 0 Å². The number of carboxylic acids is 1. The summed E-state index contributed by atoms with van der Waals surface area (Å²) in [5.41, 5.74) is 0. The van der Waals surface area contributed by atoms with Crippen LogP contribution in [0.1, 0.15) is 64.2 Å². The maximum absolute atomic E-state index is 13.1. The van der Waals surface area contributed by atoms with E-state index in [1.54, 1.807) is 0 Å². The lowest BCUT2D eigenvalue weighted by atomic mass is 9.90. The van der Waals surface area contributed by atoms with Gasteiger partial charge in [-0.3, -0.25) is 24.2 Å². The van der Waals surface area contributed by atoms with E-state index in [1.165, 1.54) is 0 Å². The number of amides is 4. The van der Waals surface area contributed by atoms with Gasteiger partial charge in [-0.05, 0) is 63.2 Å². The number of ether oxygens (including phenoxy) is 4. The van der Waals surface area contributed by atoms with E-state index in [0.717, 1.165) is 48.3 Å². The summed E-state index contributed by atoms with van der Waals surface area (Å²) in [5, 5.41) is 19.9. The van der Waals surface area contributed by atoms with E-state index >= 15 is 0 Å². The maximum Gasteiger partial charge on any atom is 0.332 e. The number of carbonyl (C=O) groups excluding carboxylic acids is 4. The van der Waals surface area contributed by atoms with Crippen LogP contribution in [0.4, 0.5) is 9.59 Å². The third-order valence-corrected chi connectivity index (χ3v) is 8.54. The summed E-state index contributed by atoms with van der Waals surface area (Å²) in [6.45, 7) is -0.487. The smallest absolute Gasteiger partial charge is 0.332 e. The van der Waals surface area contributed by atoms with E-state index < -0.39 is 42.9 Å². The van der Waals surface area contributed by atoms with Gasteiger partial charge in [0.15, 0.2) is 0 Å². The first-order valence-corrected chi connectivity index (χ1v) is 14.6. The van der Waals surface area contributed by atoms with E-state index in [-0.39, 0.29) is 62.8 Å². The quantitative estimate of drug-likeness (QED) is 0.223. The van der Waals surface area contributed by atoms with Crippen molar-refractivity contribution in [2.75, 3.05) is 32.8 Å². The Balaban J connectivity index is 1.06. The number of aliphatic carboxylic acids is 1. The van der Waals surface area contributed by atoms with Gasteiger partial charge < -0.3 is 29.2 Å². The highest BCUT2D eigenvalue weighted by molar-refractivity contribution is 5.97. The number of esters is 2. The fraction of sp³-hybridized carbons (Fsp3) is 0.815. The molecule has 2 N–H and O–H groups in total. The Morgan fingerprint density at radius 1 is 0.756 bits per heavy atom. The highest BCUT2D eigenvalue weighted by Crippen LogP contribution is 2.40. The van der Waals surface area contributed by atoms with Crippen molar-refractivity contribution < 1.29 is 53.1 Å². The molecular weight excluding hydrogens is 542 g/mol. The fourth-order valence-corrected chi connectivity index (χ4v) is 6.07. The summed E-state index contributed by atoms with van der Waals surface area (Å²) < 4.78 is 21.7. The Morgan fingerprint density at radius 2 is 1.27 bits per heavy atom. The van der Waals surface area contributed by atoms with Crippen molar-refractivity contribution in [1.29, 1.82) is 0 Å². The number of urea groups is 2. The molecule has 0 radical (unpaired) electrons. The number of nitrogens with zero attached hydrogens (tertiary/aromatic N) is 3. The SMILES string of the molecule is O=C(O)CN1C(=O)N(CCCC(=O)OCC2CCC3OC3C2)C(=O)N(CCCC(=O)OCC2CCC3OC3C2)C1O. The van der Waals surface area contributed by atoms with E-state index in [9.17, 15) is 34.2 Å². The third kappa shape index (κ3) is 7.66. The van der Waals surface area contributed by atoms with Crippen LogP contribution in [0.2, 0.25) is 0 Å². The second-order valence-corrected chi connectivity index (χ2v) is 11.6. The normalized spacial score (nSPS) is 32.2. The summed E-state index contributed by atoms with van der Waals surface area (Å²) in [7, 11) is 0. The standard InChI is InChI=1S/C27H39N3O11/c31-22(32)13-30-26(36)28(9-1-3-23(33)38-14-16-5-7-18-20(11-16)40-18)25(35)29(27(30)37)10-2-4-24(34)39-15-17-6-8-19-21(12-17)41-19/h16-21,26,36H,1-15H2,(H,31,32). The van der Waals surface area contributed by atoms with Gasteiger partial charge in [-0.1, -0.05) is 0 Å². The molecule has 5 fully saturated rings. The summed E-state index contributed by atoms with van der Waals surface area (Å²) in [6, 6.07) is -1.79. The molecule has 228 valence electrons. The van der Waals surface area contributed by atoms with E-state index in [0.29, 0.717) is 30.3 Å². The molecule has 3 heterocycles. The van der Waals surface area contributed by atoms with Gasteiger partial charge in [0.1, 0.15) is 6.54 Å². The van der Waals surface area contributed by atoms with Crippen molar-refractivity contribution in [2.45, 2.75) is 95.0 Å². The van der Waals surface area contributed by atoms with Crippen LogP contribution in [0, 0.1) is 11.8 Å². The van der Waals surface area contributed by atoms with Gasteiger partial charge in [-0.25, -0.2) is 14.5 Å². The average Bonchev–Trinajstić information content (AvgIpc) is 3.87. The predicted molar refractivity (Wildman–Crippen MR) is 137 cm³/mol. The van der Waals surface area contributed by atoms with Crippen molar-refractivity contribution in [2.24, 2.45) is 11.8 Å². The Hall–Kier alpha value is -2.97. The number of hydrogen-bond acceptors (Lipinski definition) is 10. The molecule has 2 saturated carbocycles. The van der Waals surface area contributed by atoms with Crippen LogP contribution < -0.4 is 0 Å². The second kappa shape index (κ2) is 12.9. The number of carbonyl (C=O) groups is 5. The number of aliphatic hydroxyl groups excluding tert-OH is 1. The molecule has 5 aliphatic rings. The Morgan fingerprint density at radius 3 is 1.78 bits per heavy atom. The van der Waals surface area contributed by atoms with Crippen molar-refractivity contribution in [3.8, 4) is 0 Å². The van der Waals surface area contributed by atoms with Gasteiger partial charge in [0, 0.05) is 25.9 Å². The molecule has 5 rings (SSSR count). The third-order valence-electron chi connectivity index (χ3n) is 8.54. The molecule has 41 heavy (non-hydrogen) atoms. The molecular formula is C27H39N3O11. The molecule has 2 aliphatic carbocycles. The number of epoxide rings is 2. The van der Waals surface area contributed by atoms with Gasteiger partial charge in [-0.15, -0.1) is 0 Å². The highest BCUT2D eigenvalue weighted by Gasteiger charge is 2.46. The number of hydrogen-bond donors (Lipinski definition) is 2. The molecule has 0 aromatic rings. The van der Waals surface area contributed by atoms with Crippen molar-refractivity contribution in [3.63, 3.8) is 0 Å². The lowest BCUT2D eigenvalue weighted by Gasteiger charge is -2.44. The molecule has 14 heteroatoms. The fourth-order valence-electron chi connectivity index (χ4n) is 6.07. The largest absolute Gasteiger partial charge is 0.480 e. The molecule has 0 aromatic carbocycles. The first-order valence-electron chi connectivity index (χ1n) is 14.6. The van der Waals surface area contributed by atoms with Crippen LogP contribution in [0.25, 0.3) is 0 Å². The van der Waals surface area contributed by atoms with Crippen LogP contribution in [0.15, 0.2) is 0 Å². The highest BCUT2D eigenvalue weighted by atomic mass is 16.6. The van der Waals surface area contributed by atoms with Crippen LogP contribution in [-0.2, 0) is 33.3 Å². The first kappa shape index (κ1) is 29.5. The maximum atomic E-state index is 13.1. The molecule has 7 unspecified atom stereocenters. The zero-order chi connectivity index (χ0) is 29.1. The van der Waals surface area contributed by atoms with Crippen LogP contribution in [0.5, 0.6) is 0 Å². The number of imide groups is 1. The minimum absolute atomic E-state index is 0.0149. The lowest BCUT2D eigenvalue weighted by Crippen LogP contribution is -2.67. The molecule has 0 bridgehead atoms. The van der Waals surface area contributed by atoms with Gasteiger partial charge in [0.25, 0.3) is 0 Å². The van der Waals surface area contributed by atoms with E-state index in [1.807, 2.05) is 0 Å². The van der Waals surface area contributed by atoms with Crippen LogP contribution in [-0.4, -0.2) is 118 Å². The zero-order valence-corrected chi connectivity index (χ0v) is 23.1. The monoisotopic (exact) mass is 581 g/mol. The van der Waals surface area contributed by atoms with Gasteiger partial charge in [-0.2, -0.15) is 0 Å². The predicted octanol–water partition coefficient (Wildman–Crippen LogP) is 1.29. The topological polar surface area (TPSA) is 179 Å². The Kier molecular flexibility index (Phi) is 9.29. The number of carboxylic acid groups (broad SMARTS) is 1. The number of fused-ring (bicyclic) bond motifs is 2. The zero-order valence-electron chi connectivity index (χ0n) is 23.1. The Bertz CT molecular complexity index is 1020. The molecule has 0 aromatic heterocycles. The minimum Gasteiger partial charge on any atom is -0.480 e. The summed E-state index contributed by atoms with van der Waals surface area (Å²) in [5.74, 6) is -1.72. The van der Waals surface area contributed by atoms with Crippen molar-refractivity contribution >= 4 is 30.0 Å². The molecule has 3 aliphatic heterocycles. The molecule has 0 spiro atoms. The lowest BCUT2D eigenvalue weighted by molar-refractivity contribution is -0.147. The molecule has 3 saturated heterocycles. The Labute approximate surface area is 237 Å². The first-order chi connectivity index (χ1) is 19.7. The number of rotatable bonds is 14. The summed E-state index contributed by atoms with van der Waals surface area (Å²) >= 11 is 0. The average molecular weight is 582 g/mol. The number of aliphatic hydroxyl groups is 1. The van der Waals surface area contributed by atoms with Gasteiger partial charge in [0.05, 0.1) is 37.6 Å². The van der Waals surface area contributed by atoms with Crippen LogP contribution >= 0.6 is 0 Å². The van der Waals surface area contributed by atoms with Gasteiger partial charge in [0.2, 0.25) is 6.35 Å². The van der Waals surface area contributed by atoms with Gasteiger partial charge >= 0.3 is 30.0 Å². The summed E-state index contributed by atoms with van der Waals surface area (Å²) in [6.07, 6.45) is 5.28. The molecule has 7 atom stereocenters. The van der Waals surface area contributed by atoms with E-state index in [2.05, 4.69) is 0 Å². The molecule has 14 nitrogen and oxygen atoms in total. The van der Waals surface area contributed by atoms with Crippen molar-refractivity contribution in [1.82, 2.24) is 14.7 Å². The minimum atomic E-state index is -1.80.